The minimum atomic E-state index is -4.63. The van der Waals surface area contributed by atoms with Crippen LogP contribution < -0.4 is 5.73 Å². The number of hydrogen-bond donors (Lipinski definition) is 1. The van der Waals surface area contributed by atoms with Gasteiger partial charge in [-0.05, 0) is 17.7 Å². The molecule has 0 fully saturated rings. The Hall–Kier alpha value is -2.07. The van der Waals surface area contributed by atoms with Crippen molar-refractivity contribution < 1.29 is 22.7 Å². The van der Waals surface area contributed by atoms with Crippen LogP contribution in [0.15, 0.2) is 12.1 Å². The highest BCUT2D eigenvalue weighted by atomic mass is 19.4. The highest BCUT2D eigenvalue weighted by Gasteiger charge is 2.34. The van der Waals surface area contributed by atoms with Crippen LogP contribution in [-0.4, -0.2) is 13.1 Å². The molecule has 0 atom stereocenters. The van der Waals surface area contributed by atoms with E-state index in [2.05, 4.69) is 4.74 Å². The van der Waals surface area contributed by atoms with Crippen LogP contribution in [0.2, 0.25) is 0 Å². The van der Waals surface area contributed by atoms with E-state index >= 15 is 0 Å². The van der Waals surface area contributed by atoms with Crippen molar-refractivity contribution in [3.8, 4) is 6.07 Å². The number of methoxy groups -OCH3 is 1. The Morgan fingerprint density at radius 2 is 2.11 bits per heavy atom. The molecule has 0 heterocycles. The summed E-state index contributed by atoms with van der Waals surface area (Å²) in [6, 6.07) is 3.08. The first-order valence-electron chi connectivity index (χ1n) is 4.77. The van der Waals surface area contributed by atoms with Gasteiger partial charge in [-0.3, -0.25) is 0 Å². The molecule has 0 unspecified atom stereocenters. The van der Waals surface area contributed by atoms with Gasteiger partial charge in [0.2, 0.25) is 0 Å². The van der Waals surface area contributed by atoms with Crippen molar-refractivity contribution in [2.24, 2.45) is 5.73 Å². The molecule has 0 saturated carbocycles. The predicted octanol–water partition coefficient (Wildman–Crippen LogP) is 1.82. The number of esters is 1. The monoisotopic (exact) mass is 258 g/mol. The zero-order valence-electron chi connectivity index (χ0n) is 9.34. The SMILES string of the molecule is COC(=O)c1cc(CN)c(C(F)(F)F)cc1C#N. The Bertz CT molecular complexity index is 518. The molecule has 0 aliphatic heterocycles. The highest BCUT2D eigenvalue weighted by molar-refractivity contribution is 5.92. The summed E-state index contributed by atoms with van der Waals surface area (Å²) < 4.78 is 42.4. The van der Waals surface area contributed by atoms with Crippen molar-refractivity contribution in [3.63, 3.8) is 0 Å². The number of carbonyl (C=O) groups excluding carboxylic acids is 1. The van der Waals surface area contributed by atoms with Gasteiger partial charge in [0.15, 0.2) is 0 Å². The first-order chi connectivity index (χ1) is 8.35. The van der Waals surface area contributed by atoms with E-state index in [0.29, 0.717) is 6.07 Å². The molecule has 0 bridgehead atoms. The van der Waals surface area contributed by atoms with Crippen molar-refractivity contribution in [2.75, 3.05) is 7.11 Å². The molecule has 18 heavy (non-hydrogen) atoms. The van der Waals surface area contributed by atoms with Crippen molar-refractivity contribution in [1.29, 1.82) is 5.26 Å². The number of rotatable bonds is 2. The average Bonchev–Trinajstić information content (AvgIpc) is 2.34. The van der Waals surface area contributed by atoms with Gasteiger partial charge < -0.3 is 10.5 Å². The number of benzene rings is 1. The Kier molecular flexibility index (Phi) is 3.93. The molecule has 7 heteroatoms. The van der Waals surface area contributed by atoms with Crippen molar-refractivity contribution in [3.05, 3.63) is 34.4 Å². The van der Waals surface area contributed by atoms with Crippen LogP contribution in [0.25, 0.3) is 0 Å². The van der Waals surface area contributed by atoms with E-state index < -0.39 is 29.8 Å². The van der Waals surface area contributed by atoms with Crippen molar-refractivity contribution >= 4 is 5.97 Å². The normalized spacial score (nSPS) is 10.9. The van der Waals surface area contributed by atoms with Gasteiger partial charge >= 0.3 is 12.1 Å². The molecule has 1 rings (SSSR count). The average molecular weight is 258 g/mol. The lowest BCUT2D eigenvalue weighted by molar-refractivity contribution is -0.138. The lowest BCUT2D eigenvalue weighted by Gasteiger charge is -2.13. The number of nitrogens with zero attached hydrogens (tertiary/aromatic N) is 1. The van der Waals surface area contributed by atoms with Gasteiger partial charge in [0.1, 0.15) is 6.07 Å². The fourth-order valence-electron chi connectivity index (χ4n) is 1.45. The van der Waals surface area contributed by atoms with Gasteiger partial charge in [0.05, 0.1) is 23.8 Å². The second kappa shape index (κ2) is 5.06. The van der Waals surface area contributed by atoms with Crippen LogP contribution in [0.5, 0.6) is 0 Å². The standard InChI is InChI=1S/C11H9F3N2O2/c1-18-10(17)8-2-7(5-16)9(11(12,13)14)3-6(8)4-15/h2-3H,5,16H2,1H3. The summed E-state index contributed by atoms with van der Waals surface area (Å²) in [5.74, 6) is -0.880. The maximum atomic E-state index is 12.7. The first-order valence-corrected chi connectivity index (χ1v) is 4.77. The summed E-state index contributed by atoms with van der Waals surface area (Å²) in [5.41, 5.74) is 3.31. The molecule has 0 aromatic heterocycles. The molecule has 0 aliphatic carbocycles. The van der Waals surface area contributed by atoms with E-state index in [9.17, 15) is 18.0 Å². The maximum Gasteiger partial charge on any atom is 0.416 e. The number of halogens is 3. The number of alkyl halides is 3. The molecule has 96 valence electrons. The number of carbonyl (C=O) groups is 1. The van der Waals surface area contributed by atoms with Gasteiger partial charge in [-0.15, -0.1) is 0 Å². The maximum absolute atomic E-state index is 12.7. The molecule has 1 aromatic carbocycles. The Morgan fingerprint density at radius 1 is 1.50 bits per heavy atom. The van der Waals surface area contributed by atoms with Crippen LogP contribution >= 0.6 is 0 Å². The summed E-state index contributed by atoms with van der Waals surface area (Å²) in [7, 11) is 1.07. The minimum Gasteiger partial charge on any atom is -0.465 e. The van der Waals surface area contributed by atoms with Crippen LogP contribution in [0, 0.1) is 11.3 Å². The fraction of sp³-hybridized carbons (Fsp3) is 0.273. The molecular formula is C11H9F3N2O2. The Morgan fingerprint density at radius 3 is 2.50 bits per heavy atom. The molecule has 0 amide bonds. The second-order valence-electron chi connectivity index (χ2n) is 3.36. The number of nitriles is 1. The van der Waals surface area contributed by atoms with E-state index in [1.54, 1.807) is 0 Å². The van der Waals surface area contributed by atoms with Crippen LogP contribution in [-0.2, 0) is 17.5 Å². The predicted molar refractivity (Wildman–Crippen MR) is 55.4 cm³/mol. The van der Waals surface area contributed by atoms with E-state index in [0.717, 1.165) is 13.2 Å². The zero-order chi connectivity index (χ0) is 13.9. The van der Waals surface area contributed by atoms with E-state index in [1.165, 1.54) is 6.07 Å². The third-order valence-electron chi connectivity index (χ3n) is 2.29. The van der Waals surface area contributed by atoms with Crippen molar-refractivity contribution in [1.82, 2.24) is 0 Å². The molecule has 1 aromatic rings. The summed E-state index contributed by atoms with van der Waals surface area (Å²) in [6.07, 6.45) is -4.63. The largest absolute Gasteiger partial charge is 0.465 e. The molecule has 0 radical (unpaired) electrons. The lowest BCUT2D eigenvalue weighted by Crippen LogP contribution is -2.15. The first kappa shape index (κ1) is 14.0. The highest BCUT2D eigenvalue weighted by Crippen LogP contribution is 2.33. The van der Waals surface area contributed by atoms with Gasteiger partial charge in [0.25, 0.3) is 0 Å². The van der Waals surface area contributed by atoms with Crippen LogP contribution in [0.4, 0.5) is 13.2 Å². The molecule has 0 spiro atoms. The second-order valence-corrected chi connectivity index (χ2v) is 3.36. The molecule has 0 saturated heterocycles. The summed E-state index contributed by atoms with van der Waals surface area (Å²) in [6.45, 7) is -0.398. The molecule has 2 N–H and O–H groups in total. The topological polar surface area (TPSA) is 76.1 Å². The lowest BCUT2D eigenvalue weighted by atomic mass is 9.98. The minimum absolute atomic E-state index is 0.228. The van der Waals surface area contributed by atoms with Gasteiger partial charge in [-0.1, -0.05) is 0 Å². The van der Waals surface area contributed by atoms with E-state index in [-0.39, 0.29) is 11.1 Å². The smallest absolute Gasteiger partial charge is 0.416 e. The third-order valence-corrected chi connectivity index (χ3v) is 2.29. The molecule has 4 nitrogen and oxygen atoms in total. The number of hydrogen-bond acceptors (Lipinski definition) is 4. The molecule has 0 aliphatic rings. The number of ether oxygens (including phenoxy) is 1. The summed E-state index contributed by atoms with van der Waals surface area (Å²) in [5, 5.41) is 8.76. The van der Waals surface area contributed by atoms with E-state index in [4.69, 9.17) is 11.0 Å². The van der Waals surface area contributed by atoms with Gasteiger partial charge in [0, 0.05) is 6.54 Å². The van der Waals surface area contributed by atoms with Crippen LogP contribution in [0.3, 0.4) is 0 Å². The summed E-state index contributed by atoms with van der Waals surface area (Å²) in [4.78, 5) is 11.3. The number of nitrogens with two attached hydrogens (primary N) is 1. The Balaban J connectivity index is 3.53. The molecular weight excluding hydrogens is 249 g/mol. The van der Waals surface area contributed by atoms with Gasteiger partial charge in [-0.25, -0.2) is 4.79 Å². The quantitative estimate of drug-likeness (QED) is 0.821. The zero-order valence-corrected chi connectivity index (χ0v) is 9.34. The van der Waals surface area contributed by atoms with E-state index in [1.807, 2.05) is 0 Å². The Labute approximate surface area is 101 Å². The van der Waals surface area contributed by atoms with Gasteiger partial charge in [-0.2, -0.15) is 18.4 Å². The third kappa shape index (κ3) is 2.60. The fourth-order valence-corrected chi connectivity index (χ4v) is 1.45. The van der Waals surface area contributed by atoms with Crippen molar-refractivity contribution in [2.45, 2.75) is 12.7 Å². The van der Waals surface area contributed by atoms with Crippen LogP contribution in [0.1, 0.15) is 27.0 Å². The summed E-state index contributed by atoms with van der Waals surface area (Å²) >= 11 is 0.